The van der Waals surface area contributed by atoms with Crippen molar-refractivity contribution >= 4 is 17.2 Å². The van der Waals surface area contributed by atoms with Gasteiger partial charge in [-0.05, 0) is 30.4 Å². The van der Waals surface area contributed by atoms with Gasteiger partial charge in [-0.1, -0.05) is 6.92 Å². The number of methoxy groups -OCH3 is 1. The zero-order valence-electron chi connectivity index (χ0n) is 10.9. The van der Waals surface area contributed by atoms with Crippen LogP contribution in [-0.4, -0.2) is 17.1 Å². The Kier molecular flexibility index (Phi) is 4.15. The monoisotopic (exact) mass is 263 g/mol. The third kappa shape index (κ3) is 2.61. The van der Waals surface area contributed by atoms with Crippen LogP contribution in [0, 0.1) is 6.92 Å². The SMILES string of the molecule is CCc1ccsc1CNc1ncnc(OC)c1C. The Morgan fingerprint density at radius 3 is 2.94 bits per heavy atom. The second-order valence-electron chi connectivity index (χ2n) is 3.93. The van der Waals surface area contributed by atoms with Crippen LogP contribution in [0.4, 0.5) is 5.82 Å². The molecule has 0 amide bonds. The van der Waals surface area contributed by atoms with Gasteiger partial charge in [0.15, 0.2) is 0 Å². The number of nitrogens with one attached hydrogen (secondary N) is 1. The zero-order valence-corrected chi connectivity index (χ0v) is 11.7. The van der Waals surface area contributed by atoms with Gasteiger partial charge in [0, 0.05) is 4.88 Å². The third-order valence-electron chi connectivity index (χ3n) is 2.87. The molecular weight excluding hydrogens is 246 g/mol. The van der Waals surface area contributed by atoms with Crippen LogP contribution in [0.15, 0.2) is 17.8 Å². The van der Waals surface area contributed by atoms with Crippen molar-refractivity contribution in [3.05, 3.63) is 33.8 Å². The smallest absolute Gasteiger partial charge is 0.221 e. The lowest BCUT2D eigenvalue weighted by atomic mass is 10.2. The summed E-state index contributed by atoms with van der Waals surface area (Å²) in [6, 6.07) is 2.18. The number of ether oxygens (including phenoxy) is 1. The van der Waals surface area contributed by atoms with Crippen molar-refractivity contribution in [1.82, 2.24) is 9.97 Å². The first-order valence-corrected chi connectivity index (χ1v) is 6.79. The van der Waals surface area contributed by atoms with Crippen molar-refractivity contribution in [2.45, 2.75) is 26.8 Å². The Morgan fingerprint density at radius 2 is 2.22 bits per heavy atom. The van der Waals surface area contributed by atoms with Crippen LogP contribution in [-0.2, 0) is 13.0 Å². The summed E-state index contributed by atoms with van der Waals surface area (Å²) in [4.78, 5) is 9.67. The van der Waals surface area contributed by atoms with Gasteiger partial charge in [0.25, 0.3) is 0 Å². The molecule has 96 valence electrons. The molecule has 0 saturated heterocycles. The summed E-state index contributed by atoms with van der Waals surface area (Å²) < 4.78 is 5.18. The molecule has 0 fully saturated rings. The number of rotatable bonds is 5. The highest BCUT2D eigenvalue weighted by Gasteiger charge is 2.08. The fraction of sp³-hybridized carbons (Fsp3) is 0.385. The third-order valence-corrected chi connectivity index (χ3v) is 3.83. The quantitative estimate of drug-likeness (QED) is 0.900. The second-order valence-corrected chi connectivity index (χ2v) is 4.93. The van der Waals surface area contributed by atoms with Crippen molar-refractivity contribution in [2.75, 3.05) is 12.4 Å². The molecule has 18 heavy (non-hydrogen) atoms. The zero-order chi connectivity index (χ0) is 13.0. The van der Waals surface area contributed by atoms with Crippen LogP contribution in [0.1, 0.15) is 22.9 Å². The maximum absolute atomic E-state index is 5.18. The molecule has 2 aromatic heterocycles. The van der Waals surface area contributed by atoms with Crippen LogP contribution < -0.4 is 10.1 Å². The Bertz CT molecular complexity index is 525. The molecular formula is C13H17N3OS. The molecule has 1 N–H and O–H groups in total. The topological polar surface area (TPSA) is 47.0 Å². The number of aryl methyl sites for hydroxylation is 1. The van der Waals surface area contributed by atoms with Gasteiger partial charge >= 0.3 is 0 Å². The lowest BCUT2D eigenvalue weighted by Gasteiger charge is -2.10. The standard InChI is InChI=1S/C13H17N3OS/c1-4-10-5-6-18-11(10)7-14-12-9(2)13(17-3)16-8-15-12/h5-6,8H,4,7H2,1-3H3,(H,14,15,16). The molecule has 0 bridgehead atoms. The van der Waals surface area contributed by atoms with E-state index >= 15 is 0 Å². The molecule has 2 heterocycles. The summed E-state index contributed by atoms with van der Waals surface area (Å²) >= 11 is 1.77. The van der Waals surface area contributed by atoms with Gasteiger partial charge in [-0.25, -0.2) is 9.97 Å². The fourth-order valence-corrected chi connectivity index (χ4v) is 2.73. The highest BCUT2D eigenvalue weighted by Crippen LogP contribution is 2.22. The molecule has 0 unspecified atom stereocenters. The summed E-state index contributed by atoms with van der Waals surface area (Å²) in [5.74, 6) is 1.45. The van der Waals surface area contributed by atoms with E-state index in [2.05, 4.69) is 33.7 Å². The van der Waals surface area contributed by atoms with Crippen LogP contribution in [0.25, 0.3) is 0 Å². The van der Waals surface area contributed by atoms with Gasteiger partial charge in [-0.2, -0.15) is 0 Å². The molecule has 0 aliphatic heterocycles. The molecule has 0 aromatic carbocycles. The Balaban J connectivity index is 2.11. The molecule has 5 heteroatoms. The first-order valence-electron chi connectivity index (χ1n) is 5.91. The van der Waals surface area contributed by atoms with Gasteiger partial charge in [0.05, 0.1) is 19.2 Å². The predicted octanol–water partition coefficient (Wildman–Crippen LogP) is 3.03. The first kappa shape index (κ1) is 12.8. The summed E-state index contributed by atoms with van der Waals surface area (Å²) in [6.07, 6.45) is 2.58. The minimum absolute atomic E-state index is 0.620. The maximum atomic E-state index is 5.18. The van der Waals surface area contributed by atoms with E-state index in [-0.39, 0.29) is 0 Å². The van der Waals surface area contributed by atoms with Gasteiger partial charge in [0.1, 0.15) is 12.1 Å². The molecule has 4 nitrogen and oxygen atoms in total. The average Bonchev–Trinajstić information content (AvgIpc) is 2.85. The van der Waals surface area contributed by atoms with E-state index in [0.29, 0.717) is 5.88 Å². The van der Waals surface area contributed by atoms with Crippen LogP contribution in [0.2, 0.25) is 0 Å². The van der Waals surface area contributed by atoms with Crippen LogP contribution in [0.5, 0.6) is 5.88 Å². The first-order chi connectivity index (χ1) is 8.76. The Hall–Kier alpha value is -1.62. The summed E-state index contributed by atoms with van der Waals surface area (Å²) in [7, 11) is 1.62. The minimum Gasteiger partial charge on any atom is -0.481 e. The predicted molar refractivity (Wildman–Crippen MR) is 74.3 cm³/mol. The van der Waals surface area contributed by atoms with Gasteiger partial charge in [-0.15, -0.1) is 11.3 Å². The molecule has 0 saturated carbocycles. The second kappa shape index (κ2) is 5.82. The van der Waals surface area contributed by atoms with E-state index in [1.807, 2.05) is 6.92 Å². The maximum Gasteiger partial charge on any atom is 0.221 e. The van der Waals surface area contributed by atoms with Gasteiger partial charge < -0.3 is 10.1 Å². The van der Waals surface area contributed by atoms with E-state index < -0.39 is 0 Å². The lowest BCUT2D eigenvalue weighted by Crippen LogP contribution is -2.05. The molecule has 0 radical (unpaired) electrons. The number of aromatic nitrogens is 2. The van der Waals surface area contributed by atoms with Crippen molar-refractivity contribution < 1.29 is 4.74 Å². The molecule has 0 aliphatic rings. The largest absolute Gasteiger partial charge is 0.481 e. The molecule has 0 atom stereocenters. The molecule has 0 aliphatic carbocycles. The molecule has 2 rings (SSSR count). The van der Waals surface area contributed by atoms with Crippen LogP contribution >= 0.6 is 11.3 Å². The number of hydrogen-bond acceptors (Lipinski definition) is 5. The van der Waals surface area contributed by atoms with E-state index in [0.717, 1.165) is 24.3 Å². The minimum atomic E-state index is 0.620. The summed E-state index contributed by atoms with van der Waals surface area (Å²) in [5, 5.41) is 5.47. The Morgan fingerprint density at radius 1 is 1.39 bits per heavy atom. The average molecular weight is 263 g/mol. The van der Waals surface area contributed by atoms with Crippen LogP contribution in [0.3, 0.4) is 0 Å². The van der Waals surface area contributed by atoms with E-state index in [1.54, 1.807) is 18.4 Å². The Labute approximate surface area is 111 Å². The fourth-order valence-electron chi connectivity index (χ4n) is 1.82. The number of nitrogens with zero attached hydrogens (tertiary/aromatic N) is 2. The molecule has 2 aromatic rings. The van der Waals surface area contributed by atoms with Crippen molar-refractivity contribution in [3.63, 3.8) is 0 Å². The van der Waals surface area contributed by atoms with E-state index in [1.165, 1.54) is 16.8 Å². The van der Waals surface area contributed by atoms with Gasteiger partial charge in [-0.3, -0.25) is 0 Å². The van der Waals surface area contributed by atoms with Crippen molar-refractivity contribution in [3.8, 4) is 5.88 Å². The highest BCUT2D eigenvalue weighted by molar-refractivity contribution is 7.10. The van der Waals surface area contributed by atoms with Crippen molar-refractivity contribution in [1.29, 1.82) is 0 Å². The lowest BCUT2D eigenvalue weighted by molar-refractivity contribution is 0.393. The number of thiophene rings is 1. The number of anilines is 1. The number of hydrogen-bond donors (Lipinski definition) is 1. The highest BCUT2D eigenvalue weighted by atomic mass is 32.1. The van der Waals surface area contributed by atoms with Crippen molar-refractivity contribution in [2.24, 2.45) is 0 Å². The normalized spacial score (nSPS) is 10.4. The summed E-state index contributed by atoms with van der Waals surface area (Å²) in [6.45, 7) is 4.92. The van der Waals surface area contributed by atoms with E-state index in [9.17, 15) is 0 Å². The van der Waals surface area contributed by atoms with Gasteiger partial charge in [0.2, 0.25) is 5.88 Å². The molecule has 0 spiro atoms. The summed E-state index contributed by atoms with van der Waals surface area (Å²) in [5.41, 5.74) is 2.33. The van der Waals surface area contributed by atoms with E-state index in [4.69, 9.17) is 4.74 Å².